The quantitative estimate of drug-likeness (QED) is 0.100. The van der Waals surface area contributed by atoms with Crippen molar-refractivity contribution in [3.63, 3.8) is 0 Å². The van der Waals surface area contributed by atoms with Gasteiger partial charge in [0.15, 0.2) is 0 Å². The average molecular weight is 501 g/mol. The first-order valence-electron chi connectivity index (χ1n) is 12.3. The van der Waals surface area contributed by atoms with E-state index < -0.39 is 35.4 Å². The second-order valence-electron chi connectivity index (χ2n) is 10.7. The van der Waals surface area contributed by atoms with Gasteiger partial charge in [-0.1, -0.05) is 29.4 Å². The number of hydroxylamine groups is 4. The number of rotatable bonds is 1. The molecule has 12 nitrogen and oxygen atoms in total. The molecule has 0 aromatic heterocycles. The normalized spacial score (nSPS) is 36.8. The van der Waals surface area contributed by atoms with Gasteiger partial charge in [-0.2, -0.15) is 5.06 Å². The Bertz CT molecular complexity index is 1040. The molecule has 192 valence electrons. The van der Waals surface area contributed by atoms with E-state index in [1.165, 1.54) is 0 Å². The summed E-state index contributed by atoms with van der Waals surface area (Å²) in [4.78, 5) is 63.7. The number of carbonyl (C=O) groups excluding carboxylic acids is 5. The molecular weight excluding hydrogens is 471 g/mol. The third-order valence-electron chi connectivity index (χ3n) is 7.43. The van der Waals surface area contributed by atoms with Crippen LogP contribution in [0.2, 0.25) is 0 Å². The van der Waals surface area contributed by atoms with Gasteiger partial charge in [0, 0.05) is 0 Å². The zero-order valence-corrected chi connectivity index (χ0v) is 20.1. The predicted molar refractivity (Wildman–Crippen MR) is 122 cm³/mol. The molecule has 4 fully saturated rings. The predicted octanol–water partition coefficient (Wildman–Crippen LogP) is 0.787. The van der Waals surface area contributed by atoms with E-state index in [9.17, 15) is 24.0 Å². The van der Waals surface area contributed by atoms with Gasteiger partial charge < -0.3 is 4.74 Å². The van der Waals surface area contributed by atoms with Gasteiger partial charge in [0.05, 0.1) is 23.7 Å². The van der Waals surface area contributed by atoms with E-state index in [0.717, 1.165) is 20.4 Å². The van der Waals surface area contributed by atoms with Gasteiger partial charge in [0.2, 0.25) is 0 Å². The molecule has 2 saturated heterocycles. The Labute approximate surface area is 209 Å². The van der Waals surface area contributed by atoms with Gasteiger partial charge in [-0.3, -0.25) is 29.2 Å². The number of hydrogen-bond donors (Lipinski definition) is 2. The fraction of sp³-hybridized carbons (Fsp3) is 0.609. The van der Waals surface area contributed by atoms with Crippen LogP contribution < -0.4 is 5.84 Å². The summed E-state index contributed by atoms with van der Waals surface area (Å²) in [7, 11) is 0.778. The molecule has 0 spiro atoms. The number of allylic oxidation sites excluding steroid dienone is 4. The van der Waals surface area contributed by atoms with Crippen LogP contribution in [0.15, 0.2) is 29.3 Å². The SMILES string of the molecule is CC(C)(C)OC(=O)ON1C(=O)C2C3C=CC(C3)C2C1=O.O=C1C2C3C=CC(C3)C2C(=O)N1O.[2H]B=NN. The van der Waals surface area contributed by atoms with E-state index in [4.69, 9.17) is 16.1 Å². The number of nitrogens with zero attached hydrogens (tertiary/aromatic N) is 3. The van der Waals surface area contributed by atoms with Crippen molar-refractivity contribution < 1.29 is 38.8 Å². The molecule has 13 heteroatoms. The van der Waals surface area contributed by atoms with Gasteiger partial charge in [-0.05, 0) is 57.3 Å². The molecule has 8 unspecified atom stereocenters. The maximum atomic E-state index is 12.2. The van der Waals surface area contributed by atoms with Crippen LogP contribution in [0.25, 0.3) is 0 Å². The summed E-state index contributed by atoms with van der Waals surface area (Å²) in [6.45, 7) is 5.04. The van der Waals surface area contributed by atoms with E-state index in [1.807, 2.05) is 24.3 Å². The zero-order chi connectivity index (χ0) is 27.2. The van der Waals surface area contributed by atoms with Crippen molar-refractivity contribution in [2.24, 2.45) is 58.2 Å². The number of nitrogens with two attached hydrogens (primary N) is 1. The summed E-state index contributed by atoms with van der Waals surface area (Å²) >= 11 is 0. The van der Waals surface area contributed by atoms with Crippen molar-refractivity contribution in [1.82, 2.24) is 10.1 Å². The van der Waals surface area contributed by atoms with Crippen molar-refractivity contribution in [3.8, 4) is 0 Å². The van der Waals surface area contributed by atoms with E-state index in [2.05, 4.69) is 10.8 Å². The summed E-state index contributed by atoms with van der Waals surface area (Å²) in [5.41, 5.74) is -0.737. The van der Waals surface area contributed by atoms with Crippen molar-refractivity contribution >= 4 is 37.4 Å². The third-order valence-corrected chi connectivity index (χ3v) is 7.43. The fourth-order valence-corrected chi connectivity index (χ4v) is 6.19. The molecule has 2 heterocycles. The second-order valence-corrected chi connectivity index (χ2v) is 10.7. The van der Waals surface area contributed by atoms with Crippen molar-refractivity contribution in [2.75, 3.05) is 0 Å². The average Bonchev–Trinajstić information content (AvgIpc) is 3.68. The number of ether oxygens (including phenoxy) is 1. The van der Waals surface area contributed by atoms with Gasteiger partial charge in [-0.25, -0.2) is 4.79 Å². The van der Waals surface area contributed by atoms with Crippen LogP contribution in [0.1, 0.15) is 33.6 Å². The minimum atomic E-state index is -1.03. The van der Waals surface area contributed by atoms with Crippen LogP contribution in [0, 0.1) is 47.3 Å². The van der Waals surface area contributed by atoms with Gasteiger partial charge in [-0.15, -0.1) is 0 Å². The Morgan fingerprint density at radius 1 is 0.944 bits per heavy atom. The van der Waals surface area contributed by atoms with Crippen molar-refractivity contribution in [3.05, 3.63) is 24.3 Å². The molecule has 4 amide bonds. The molecule has 2 aliphatic heterocycles. The Hall–Kier alpha value is -3.35. The van der Waals surface area contributed by atoms with Gasteiger partial charge >= 0.3 is 25.9 Å². The monoisotopic (exact) mass is 501 g/mol. The first-order chi connectivity index (χ1) is 17.4. The maximum absolute atomic E-state index is 12.2. The van der Waals surface area contributed by atoms with Crippen LogP contribution in [0.3, 0.4) is 0 Å². The van der Waals surface area contributed by atoms with Crippen molar-refractivity contribution in [1.29, 1.82) is 1.34 Å². The molecule has 0 aromatic rings. The van der Waals surface area contributed by atoms with Gasteiger partial charge in [0.1, 0.15) is 5.60 Å². The fourth-order valence-electron chi connectivity index (χ4n) is 6.19. The summed E-state index contributed by atoms with van der Waals surface area (Å²) in [5.74, 6) is 1.99. The number of amides is 4. The molecule has 4 aliphatic carbocycles. The number of fused-ring (bicyclic) bond motifs is 10. The van der Waals surface area contributed by atoms with Crippen molar-refractivity contribution in [2.45, 2.75) is 39.2 Å². The molecule has 0 aromatic carbocycles. The van der Waals surface area contributed by atoms with Crippen LogP contribution in [-0.2, 0) is 28.8 Å². The summed E-state index contributed by atoms with van der Waals surface area (Å²) < 4.78 is 11.0. The standard InChI is InChI=1S/C14H17NO5.C9H9NO3.BH3N2/c1-14(2,3)19-13(18)20-15-11(16)9-7-4-5-8(6-7)10(9)12(15)17;11-8-6-4-1-2-5(3-4)7(6)9(12)10(8)13;1-3-2/h4-5,7-10H,6H2,1-3H3;1-2,4-7,13H,3H2;1H,2H2/i;;1D. The summed E-state index contributed by atoms with van der Waals surface area (Å²) in [6.07, 6.45) is 8.67. The molecule has 4 bridgehead atoms. The first-order valence-corrected chi connectivity index (χ1v) is 11.7. The Morgan fingerprint density at radius 3 is 1.64 bits per heavy atom. The molecular formula is C23H29BN4O8. The molecule has 6 rings (SSSR count). The van der Waals surface area contributed by atoms with E-state index in [0.29, 0.717) is 10.1 Å². The molecule has 2 saturated carbocycles. The van der Waals surface area contributed by atoms with Crippen LogP contribution in [0.4, 0.5) is 4.79 Å². The molecule has 3 N–H and O–H groups in total. The van der Waals surface area contributed by atoms with E-state index in [-0.39, 0.29) is 47.3 Å². The zero-order valence-electron chi connectivity index (χ0n) is 21.1. The van der Waals surface area contributed by atoms with Crippen LogP contribution >= 0.6 is 0 Å². The Kier molecular flexibility index (Phi) is 6.27. The van der Waals surface area contributed by atoms with Crippen LogP contribution in [-0.4, -0.2) is 59.7 Å². The third kappa shape index (κ3) is 4.25. The summed E-state index contributed by atoms with van der Waals surface area (Å²) in [5, 5.41) is 12.8. The molecule has 8 atom stereocenters. The Balaban J connectivity index is 0.000000161. The summed E-state index contributed by atoms with van der Waals surface area (Å²) in [6, 6.07) is 0. The number of hydrogen-bond acceptors (Lipinski definition) is 10. The molecule has 6 aliphatic rings. The van der Waals surface area contributed by atoms with Crippen LogP contribution in [0.5, 0.6) is 0 Å². The first kappa shape index (κ1) is 24.4. The Morgan fingerprint density at radius 2 is 1.31 bits per heavy atom. The molecule has 0 radical (unpaired) electrons. The van der Waals surface area contributed by atoms with Gasteiger partial charge in [0.25, 0.3) is 23.6 Å². The number of carbonyl (C=O) groups is 5. The second kappa shape index (κ2) is 9.27. The number of imide groups is 2. The minimum absolute atomic E-state index is 0.0914. The van der Waals surface area contributed by atoms with E-state index in [1.54, 1.807) is 20.8 Å². The molecule has 36 heavy (non-hydrogen) atoms. The van der Waals surface area contributed by atoms with E-state index >= 15 is 0 Å². The topological polar surface area (TPSA) is 169 Å².